The van der Waals surface area contributed by atoms with Gasteiger partial charge in [-0.25, -0.2) is 4.79 Å². The standard InChI is InChI=1S/C37H37N3O5S2/c1-3-30(35(43)40-36-32(37(44)45-4-2)28-20-11-12-21-31(28)47-36)46-27-19-13-18-26(23-27)38-34(42)29(22-24-14-7-5-8-15-24)39-33(41)25-16-9-6-10-17-25/h5-10,13-19,22-23,30H,3-4,11-12,20-21H2,1-2H3,(H,38,42)(H,39,41)(H,40,43)/b29-22-. The first kappa shape index (κ1) is 33.7. The van der Waals surface area contributed by atoms with Gasteiger partial charge in [-0.05, 0) is 86.6 Å². The minimum absolute atomic E-state index is 0.0879. The molecule has 1 aliphatic carbocycles. The Morgan fingerprint density at radius 3 is 2.34 bits per heavy atom. The number of anilines is 2. The number of esters is 1. The van der Waals surface area contributed by atoms with Crippen molar-refractivity contribution < 1.29 is 23.9 Å². The van der Waals surface area contributed by atoms with Crippen LogP contribution in [-0.4, -0.2) is 35.5 Å². The quantitative estimate of drug-likeness (QED) is 0.0810. The molecule has 0 fully saturated rings. The van der Waals surface area contributed by atoms with Crippen molar-refractivity contribution in [1.29, 1.82) is 0 Å². The lowest BCUT2D eigenvalue weighted by Gasteiger charge is -2.16. The number of nitrogens with one attached hydrogen (secondary N) is 3. The number of carbonyl (C=O) groups excluding carboxylic acids is 4. The van der Waals surface area contributed by atoms with E-state index in [4.69, 9.17) is 4.74 Å². The molecular weight excluding hydrogens is 631 g/mol. The van der Waals surface area contributed by atoms with Crippen LogP contribution >= 0.6 is 23.1 Å². The van der Waals surface area contributed by atoms with E-state index in [1.54, 1.807) is 55.5 Å². The van der Waals surface area contributed by atoms with Crippen molar-refractivity contribution in [3.05, 3.63) is 118 Å². The molecule has 1 aromatic heterocycles. The first-order valence-electron chi connectivity index (χ1n) is 15.7. The van der Waals surface area contributed by atoms with E-state index < -0.39 is 23.0 Å². The van der Waals surface area contributed by atoms with Crippen molar-refractivity contribution in [2.45, 2.75) is 56.1 Å². The third kappa shape index (κ3) is 8.78. The van der Waals surface area contributed by atoms with Gasteiger partial charge in [0, 0.05) is 21.0 Å². The number of rotatable bonds is 12. The van der Waals surface area contributed by atoms with E-state index in [1.165, 1.54) is 23.1 Å². The lowest BCUT2D eigenvalue weighted by atomic mass is 9.95. The number of hydrogen-bond acceptors (Lipinski definition) is 7. The average molecular weight is 668 g/mol. The third-order valence-corrected chi connectivity index (χ3v) is 10.1. The highest BCUT2D eigenvalue weighted by Crippen LogP contribution is 2.39. The first-order chi connectivity index (χ1) is 22.9. The van der Waals surface area contributed by atoms with E-state index in [0.29, 0.717) is 28.2 Å². The molecule has 4 aromatic rings. The first-order valence-corrected chi connectivity index (χ1v) is 17.4. The fraction of sp³-hybridized carbons (Fsp3) is 0.243. The summed E-state index contributed by atoms with van der Waals surface area (Å²) in [4.78, 5) is 54.8. The van der Waals surface area contributed by atoms with E-state index >= 15 is 0 Å². The van der Waals surface area contributed by atoms with Gasteiger partial charge < -0.3 is 20.7 Å². The second-order valence-electron chi connectivity index (χ2n) is 10.9. The second kappa shape index (κ2) is 16.2. The molecule has 0 saturated carbocycles. The summed E-state index contributed by atoms with van der Waals surface area (Å²) in [6.45, 7) is 3.97. The molecule has 0 aliphatic heterocycles. The number of aryl methyl sites for hydroxylation is 1. The molecule has 0 saturated heterocycles. The third-order valence-electron chi connectivity index (χ3n) is 7.56. The number of thioether (sulfide) groups is 1. The van der Waals surface area contributed by atoms with Crippen molar-refractivity contribution in [3.63, 3.8) is 0 Å². The molecule has 0 radical (unpaired) electrons. The summed E-state index contributed by atoms with van der Waals surface area (Å²) in [5.74, 6) is -1.49. The van der Waals surface area contributed by atoms with Crippen LogP contribution in [-0.2, 0) is 27.2 Å². The summed E-state index contributed by atoms with van der Waals surface area (Å²) in [5.41, 5.74) is 3.27. The fourth-order valence-corrected chi connectivity index (χ4v) is 7.55. The van der Waals surface area contributed by atoms with Crippen molar-refractivity contribution in [1.82, 2.24) is 5.32 Å². The van der Waals surface area contributed by atoms with Gasteiger partial charge in [0.2, 0.25) is 5.91 Å². The minimum atomic E-state index is -0.488. The van der Waals surface area contributed by atoms with Crippen LogP contribution in [0, 0.1) is 0 Å². The molecule has 10 heteroatoms. The number of fused-ring (bicyclic) bond motifs is 1. The van der Waals surface area contributed by atoms with Crippen LogP contribution in [0.3, 0.4) is 0 Å². The zero-order chi connectivity index (χ0) is 33.2. The Morgan fingerprint density at radius 2 is 1.62 bits per heavy atom. The van der Waals surface area contributed by atoms with Crippen LogP contribution < -0.4 is 16.0 Å². The molecule has 0 spiro atoms. The van der Waals surface area contributed by atoms with Gasteiger partial charge in [-0.2, -0.15) is 0 Å². The SMILES string of the molecule is CCOC(=O)c1c(NC(=O)C(CC)Sc2cccc(NC(=O)/C(=C/c3ccccc3)NC(=O)c3ccccc3)c2)sc2c1CCCC2. The lowest BCUT2D eigenvalue weighted by Crippen LogP contribution is -2.30. The van der Waals surface area contributed by atoms with Crippen LogP contribution in [0.15, 0.2) is 95.5 Å². The molecule has 3 aromatic carbocycles. The Labute approximate surface area is 283 Å². The van der Waals surface area contributed by atoms with Gasteiger partial charge in [-0.15, -0.1) is 23.1 Å². The number of thiophene rings is 1. The minimum Gasteiger partial charge on any atom is -0.462 e. The molecule has 1 unspecified atom stereocenters. The molecule has 3 amide bonds. The maximum Gasteiger partial charge on any atom is 0.341 e. The molecule has 1 aliphatic rings. The predicted octanol–water partition coefficient (Wildman–Crippen LogP) is 7.72. The van der Waals surface area contributed by atoms with Crippen LogP contribution in [0.2, 0.25) is 0 Å². The van der Waals surface area contributed by atoms with Crippen LogP contribution in [0.1, 0.15) is 69.8 Å². The Hall–Kier alpha value is -4.67. The summed E-state index contributed by atoms with van der Waals surface area (Å²) < 4.78 is 5.35. The monoisotopic (exact) mass is 667 g/mol. The molecular formula is C37H37N3O5S2. The van der Waals surface area contributed by atoms with Crippen LogP contribution in [0.5, 0.6) is 0 Å². The van der Waals surface area contributed by atoms with E-state index in [2.05, 4.69) is 16.0 Å². The smallest absolute Gasteiger partial charge is 0.341 e. The maximum atomic E-state index is 13.5. The Morgan fingerprint density at radius 1 is 0.894 bits per heavy atom. The van der Waals surface area contributed by atoms with Gasteiger partial charge in [0.25, 0.3) is 11.8 Å². The molecule has 8 nitrogen and oxygen atoms in total. The van der Waals surface area contributed by atoms with Gasteiger partial charge in [-0.1, -0.05) is 61.5 Å². The summed E-state index contributed by atoms with van der Waals surface area (Å²) >= 11 is 2.85. The second-order valence-corrected chi connectivity index (χ2v) is 13.3. The normalized spacial score (nSPS) is 13.2. The van der Waals surface area contributed by atoms with E-state index in [1.807, 2.05) is 49.4 Å². The zero-order valence-corrected chi connectivity index (χ0v) is 28.0. The van der Waals surface area contributed by atoms with Crippen LogP contribution in [0.4, 0.5) is 10.7 Å². The van der Waals surface area contributed by atoms with Gasteiger partial charge in [-0.3, -0.25) is 14.4 Å². The van der Waals surface area contributed by atoms with E-state index in [-0.39, 0.29) is 18.2 Å². The highest BCUT2D eigenvalue weighted by Gasteiger charge is 2.29. The average Bonchev–Trinajstić information content (AvgIpc) is 3.45. The van der Waals surface area contributed by atoms with Crippen molar-refractivity contribution >= 4 is 63.6 Å². The Balaban J connectivity index is 1.30. The Bertz CT molecular complexity index is 1770. The highest BCUT2D eigenvalue weighted by atomic mass is 32.2. The number of amides is 3. The molecule has 1 heterocycles. The van der Waals surface area contributed by atoms with Crippen molar-refractivity contribution in [2.24, 2.45) is 0 Å². The van der Waals surface area contributed by atoms with Gasteiger partial charge in [0.15, 0.2) is 0 Å². The number of carbonyl (C=O) groups is 4. The van der Waals surface area contributed by atoms with E-state index in [0.717, 1.165) is 46.6 Å². The summed E-state index contributed by atoms with van der Waals surface area (Å²) in [6, 6.07) is 25.2. The largest absolute Gasteiger partial charge is 0.462 e. The number of ether oxygens (including phenoxy) is 1. The number of benzene rings is 3. The van der Waals surface area contributed by atoms with Gasteiger partial charge >= 0.3 is 5.97 Å². The summed E-state index contributed by atoms with van der Waals surface area (Å²) in [7, 11) is 0. The topological polar surface area (TPSA) is 114 Å². The number of hydrogen-bond donors (Lipinski definition) is 3. The van der Waals surface area contributed by atoms with Crippen molar-refractivity contribution in [3.8, 4) is 0 Å². The summed E-state index contributed by atoms with van der Waals surface area (Å²) in [6.07, 6.45) is 5.93. The summed E-state index contributed by atoms with van der Waals surface area (Å²) in [5, 5.41) is 8.78. The van der Waals surface area contributed by atoms with Crippen LogP contribution in [0.25, 0.3) is 6.08 Å². The molecule has 242 valence electrons. The molecule has 47 heavy (non-hydrogen) atoms. The van der Waals surface area contributed by atoms with Gasteiger partial charge in [0.05, 0.1) is 17.4 Å². The van der Waals surface area contributed by atoms with E-state index in [9.17, 15) is 19.2 Å². The fourth-order valence-electron chi connectivity index (χ4n) is 5.26. The Kier molecular flexibility index (Phi) is 11.6. The van der Waals surface area contributed by atoms with Gasteiger partial charge in [0.1, 0.15) is 10.7 Å². The maximum absolute atomic E-state index is 13.5. The molecule has 5 rings (SSSR count). The van der Waals surface area contributed by atoms with Crippen molar-refractivity contribution in [2.75, 3.05) is 17.2 Å². The molecule has 0 bridgehead atoms. The highest BCUT2D eigenvalue weighted by molar-refractivity contribution is 8.00. The zero-order valence-electron chi connectivity index (χ0n) is 26.3. The molecule has 1 atom stereocenters. The molecule has 3 N–H and O–H groups in total. The lowest BCUT2D eigenvalue weighted by molar-refractivity contribution is -0.116. The predicted molar refractivity (Wildman–Crippen MR) is 189 cm³/mol.